The van der Waals surface area contributed by atoms with Crippen molar-refractivity contribution in [3.63, 3.8) is 0 Å². The molecule has 0 bridgehead atoms. The predicted molar refractivity (Wildman–Crippen MR) is 115 cm³/mol. The van der Waals surface area contributed by atoms with Gasteiger partial charge in [0.25, 0.3) is 11.8 Å². The zero-order valence-electron chi connectivity index (χ0n) is 16.6. The molecule has 0 spiro atoms. The smallest absolute Gasteiger partial charge is 0.387 e. The van der Waals surface area contributed by atoms with Gasteiger partial charge < -0.3 is 14.5 Å². The van der Waals surface area contributed by atoms with E-state index in [1.807, 2.05) is 24.4 Å². The summed E-state index contributed by atoms with van der Waals surface area (Å²) in [4.78, 5) is 35.2. The number of piperazine rings is 1. The van der Waals surface area contributed by atoms with Crippen molar-refractivity contribution in [2.75, 3.05) is 26.2 Å². The number of alkyl halides is 2. The first-order chi connectivity index (χ1) is 14.9. The Bertz CT molecular complexity index is 1080. The first-order valence-corrected chi connectivity index (χ1v) is 11.3. The Balaban J connectivity index is 1.42. The van der Waals surface area contributed by atoms with E-state index in [9.17, 15) is 18.4 Å². The van der Waals surface area contributed by atoms with Gasteiger partial charge in [-0.15, -0.1) is 22.7 Å². The van der Waals surface area contributed by atoms with Crippen LogP contribution in [-0.4, -0.2) is 59.4 Å². The molecule has 1 aromatic carbocycles. The van der Waals surface area contributed by atoms with Gasteiger partial charge in [0.05, 0.1) is 16.1 Å². The molecule has 1 saturated heterocycles. The van der Waals surface area contributed by atoms with Crippen LogP contribution in [-0.2, 0) is 0 Å². The summed E-state index contributed by atoms with van der Waals surface area (Å²) in [5.41, 5.74) is 0.774. The van der Waals surface area contributed by atoms with E-state index in [1.54, 1.807) is 27.2 Å². The number of thiazole rings is 1. The molecule has 6 nitrogen and oxygen atoms in total. The topological polar surface area (TPSA) is 62.7 Å². The van der Waals surface area contributed by atoms with E-state index < -0.39 is 12.5 Å². The van der Waals surface area contributed by atoms with E-state index >= 15 is 0 Å². The predicted octanol–water partition coefficient (Wildman–Crippen LogP) is 4.38. The summed E-state index contributed by atoms with van der Waals surface area (Å²) >= 11 is 2.94. The van der Waals surface area contributed by atoms with Crippen molar-refractivity contribution in [1.82, 2.24) is 14.8 Å². The van der Waals surface area contributed by atoms with Gasteiger partial charge in [-0.1, -0.05) is 18.2 Å². The van der Waals surface area contributed by atoms with Crippen LogP contribution >= 0.6 is 22.7 Å². The normalized spacial score (nSPS) is 14.2. The van der Waals surface area contributed by atoms with Gasteiger partial charge in [-0.25, -0.2) is 4.98 Å². The lowest BCUT2D eigenvalue weighted by molar-refractivity contribution is -0.0503. The number of amides is 2. The zero-order valence-corrected chi connectivity index (χ0v) is 18.2. The second-order valence-electron chi connectivity index (χ2n) is 6.87. The first kappa shape index (κ1) is 21.4. The number of aromatic nitrogens is 1. The molecule has 0 aliphatic carbocycles. The van der Waals surface area contributed by atoms with E-state index in [0.29, 0.717) is 36.8 Å². The molecule has 0 N–H and O–H groups in total. The number of ether oxygens (including phenoxy) is 1. The maximum Gasteiger partial charge on any atom is 0.387 e. The summed E-state index contributed by atoms with van der Waals surface area (Å²) in [7, 11) is 0. The minimum atomic E-state index is -3.01. The van der Waals surface area contributed by atoms with Crippen molar-refractivity contribution >= 4 is 34.5 Å². The van der Waals surface area contributed by atoms with Crippen LogP contribution in [0.4, 0.5) is 8.78 Å². The number of thiophene rings is 1. The molecule has 31 heavy (non-hydrogen) atoms. The maximum atomic E-state index is 13.0. The first-order valence-electron chi connectivity index (χ1n) is 9.57. The average Bonchev–Trinajstić information content (AvgIpc) is 3.43. The van der Waals surface area contributed by atoms with Crippen LogP contribution in [0.1, 0.15) is 25.7 Å². The van der Waals surface area contributed by atoms with Crippen LogP contribution in [0, 0.1) is 6.92 Å². The molecule has 2 aromatic heterocycles. The third kappa shape index (κ3) is 4.59. The number of rotatable bonds is 5. The quantitative estimate of drug-likeness (QED) is 0.563. The summed E-state index contributed by atoms with van der Waals surface area (Å²) in [6.45, 7) is 0.139. The summed E-state index contributed by atoms with van der Waals surface area (Å²) in [6, 6.07) is 9.85. The standard InChI is InChI=1S/C21H19F2N3O3S2/c1-13-17(31-18(24-13)16-7-4-12-30-16)20(28)26-10-8-25(9-11-26)19(27)14-5-2-3-6-15(14)29-21(22)23/h2-7,12,21H,8-11H2,1H3. The average molecular weight is 464 g/mol. The SMILES string of the molecule is Cc1nc(-c2cccs2)sc1C(=O)N1CCN(C(=O)c2ccccc2OC(F)F)CC1. The monoisotopic (exact) mass is 463 g/mol. The van der Waals surface area contributed by atoms with E-state index in [0.717, 1.165) is 9.88 Å². The van der Waals surface area contributed by atoms with Gasteiger partial charge in [-0.3, -0.25) is 9.59 Å². The molecule has 0 radical (unpaired) electrons. The highest BCUT2D eigenvalue weighted by Crippen LogP contribution is 2.32. The molecule has 0 saturated carbocycles. The fraction of sp³-hybridized carbons (Fsp3) is 0.286. The minimum Gasteiger partial charge on any atom is -0.434 e. The summed E-state index contributed by atoms with van der Waals surface area (Å²) in [5, 5.41) is 2.79. The van der Waals surface area contributed by atoms with Crippen LogP contribution in [0.3, 0.4) is 0 Å². The van der Waals surface area contributed by atoms with Crippen molar-refractivity contribution in [1.29, 1.82) is 0 Å². The molecule has 4 rings (SSSR count). The molecule has 0 atom stereocenters. The van der Waals surface area contributed by atoms with Gasteiger partial charge in [0.1, 0.15) is 15.6 Å². The Morgan fingerprint density at radius 3 is 2.35 bits per heavy atom. The molecule has 2 amide bonds. The van der Waals surface area contributed by atoms with E-state index in [-0.39, 0.29) is 17.2 Å². The second-order valence-corrected chi connectivity index (χ2v) is 8.82. The Morgan fingerprint density at radius 1 is 1.03 bits per heavy atom. The Kier molecular flexibility index (Phi) is 6.28. The van der Waals surface area contributed by atoms with Crippen molar-refractivity contribution < 1.29 is 23.1 Å². The number of nitrogens with zero attached hydrogens (tertiary/aromatic N) is 3. The summed E-state index contributed by atoms with van der Waals surface area (Å²) < 4.78 is 29.7. The molecule has 162 valence electrons. The largest absolute Gasteiger partial charge is 0.434 e. The van der Waals surface area contributed by atoms with Crippen molar-refractivity contribution in [3.8, 4) is 15.6 Å². The Labute approximate surface area is 185 Å². The fourth-order valence-corrected chi connectivity index (χ4v) is 5.20. The highest BCUT2D eigenvalue weighted by atomic mass is 32.1. The molecule has 1 aliphatic rings. The highest BCUT2D eigenvalue weighted by Gasteiger charge is 2.29. The lowest BCUT2D eigenvalue weighted by Gasteiger charge is -2.34. The number of halogens is 2. The van der Waals surface area contributed by atoms with E-state index in [2.05, 4.69) is 9.72 Å². The van der Waals surface area contributed by atoms with Crippen molar-refractivity contribution in [2.45, 2.75) is 13.5 Å². The van der Waals surface area contributed by atoms with Gasteiger partial charge in [0, 0.05) is 26.2 Å². The Hall–Kier alpha value is -2.85. The zero-order chi connectivity index (χ0) is 22.0. The number of benzene rings is 1. The number of hydrogen-bond acceptors (Lipinski definition) is 6. The summed E-state index contributed by atoms with van der Waals surface area (Å²) in [5.74, 6) is -0.647. The molecular weight excluding hydrogens is 444 g/mol. The van der Waals surface area contributed by atoms with Gasteiger partial charge >= 0.3 is 6.61 Å². The molecule has 10 heteroatoms. The van der Waals surface area contributed by atoms with Crippen molar-refractivity contribution in [3.05, 3.63) is 57.9 Å². The Morgan fingerprint density at radius 2 is 1.71 bits per heavy atom. The second kappa shape index (κ2) is 9.11. The lowest BCUT2D eigenvalue weighted by Crippen LogP contribution is -2.50. The van der Waals surface area contributed by atoms with Crippen LogP contribution in [0.5, 0.6) is 5.75 Å². The van der Waals surface area contributed by atoms with Gasteiger partial charge in [-0.2, -0.15) is 8.78 Å². The van der Waals surface area contributed by atoms with Crippen LogP contribution in [0.25, 0.3) is 9.88 Å². The molecular formula is C21H19F2N3O3S2. The molecule has 1 fully saturated rings. The van der Waals surface area contributed by atoms with Gasteiger partial charge in [0.15, 0.2) is 0 Å². The fourth-order valence-electron chi connectivity index (χ4n) is 3.37. The lowest BCUT2D eigenvalue weighted by atomic mass is 10.1. The van der Waals surface area contributed by atoms with Crippen LogP contribution < -0.4 is 4.74 Å². The number of para-hydroxylation sites is 1. The number of carbonyl (C=O) groups excluding carboxylic acids is 2. The molecule has 1 aliphatic heterocycles. The molecule has 3 heterocycles. The minimum absolute atomic E-state index is 0.0847. The maximum absolute atomic E-state index is 13.0. The van der Waals surface area contributed by atoms with Crippen molar-refractivity contribution in [2.24, 2.45) is 0 Å². The van der Waals surface area contributed by atoms with Crippen LogP contribution in [0.2, 0.25) is 0 Å². The number of aryl methyl sites for hydroxylation is 1. The van der Waals surface area contributed by atoms with Crippen LogP contribution in [0.15, 0.2) is 41.8 Å². The van der Waals surface area contributed by atoms with E-state index in [1.165, 1.54) is 29.5 Å². The number of hydrogen-bond donors (Lipinski definition) is 0. The molecule has 3 aromatic rings. The van der Waals surface area contributed by atoms with Gasteiger partial charge in [-0.05, 0) is 30.5 Å². The third-order valence-corrected chi connectivity index (χ3v) is 7.09. The summed E-state index contributed by atoms with van der Waals surface area (Å²) in [6.07, 6.45) is 0. The third-order valence-electron chi connectivity index (χ3n) is 4.91. The van der Waals surface area contributed by atoms with E-state index in [4.69, 9.17) is 0 Å². The highest BCUT2D eigenvalue weighted by molar-refractivity contribution is 7.22. The number of carbonyl (C=O) groups is 2. The molecule has 0 unspecified atom stereocenters. The van der Waals surface area contributed by atoms with Gasteiger partial charge in [0.2, 0.25) is 0 Å².